The van der Waals surface area contributed by atoms with Gasteiger partial charge in [0.25, 0.3) is 0 Å². The minimum atomic E-state index is -0.589. The Bertz CT molecular complexity index is 861. The molecule has 3 rings (SSSR count). The van der Waals surface area contributed by atoms with Crippen LogP contribution >= 0.6 is 0 Å². The minimum absolute atomic E-state index is 0.318. The summed E-state index contributed by atoms with van der Waals surface area (Å²) in [7, 11) is 1.54. The zero-order chi connectivity index (χ0) is 17.3. The average molecular weight is 325 g/mol. The first-order chi connectivity index (χ1) is 11.4. The van der Waals surface area contributed by atoms with Crippen LogP contribution in [0.5, 0.6) is 11.5 Å². The topological polar surface area (TPSA) is 77.1 Å². The molecule has 2 heterocycles. The summed E-state index contributed by atoms with van der Waals surface area (Å²) < 4.78 is 10.8. The van der Waals surface area contributed by atoms with Crippen molar-refractivity contribution in [1.82, 2.24) is 15.0 Å². The van der Waals surface area contributed by atoms with Crippen LogP contribution in [0.25, 0.3) is 22.6 Å². The SMILES string of the molecule is COc1cc(-c2nc3cccnc3[nH]2)ccc1OC(=O)C(C)(C)C. The van der Waals surface area contributed by atoms with E-state index in [1.54, 1.807) is 39.1 Å². The molecule has 0 radical (unpaired) electrons. The number of H-pyrrole nitrogens is 1. The van der Waals surface area contributed by atoms with E-state index in [0.717, 1.165) is 16.7 Å². The second-order valence-corrected chi connectivity index (χ2v) is 6.46. The number of aromatic amines is 1. The van der Waals surface area contributed by atoms with Crippen molar-refractivity contribution in [3.63, 3.8) is 0 Å². The fourth-order valence-corrected chi connectivity index (χ4v) is 2.13. The van der Waals surface area contributed by atoms with Crippen molar-refractivity contribution in [2.24, 2.45) is 5.41 Å². The van der Waals surface area contributed by atoms with E-state index in [9.17, 15) is 4.79 Å². The van der Waals surface area contributed by atoms with E-state index in [-0.39, 0.29) is 5.97 Å². The number of nitrogens with one attached hydrogen (secondary N) is 1. The summed E-state index contributed by atoms with van der Waals surface area (Å²) in [6.07, 6.45) is 1.71. The first-order valence-electron chi connectivity index (χ1n) is 7.60. The fraction of sp³-hybridized carbons (Fsp3) is 0.278. The van der Waals surface area contributed by atoms with E-state index >= 15 is 0 Å². The molecule has 0 aliphatic carbocycles. The predicted molar refractivity (Wildman–Crippen MR) is 91.0 cm³/mol. The lowest BCUT2D eigenvalue weighted by molar-refractivity contribution is -0.143. The molecule has 24 heavy (non-hydrogen) atoms. The summed E-state index contributed by atoms with van der Waals surface area (Å²) in [6, 6.07) is 9.04. The zero-order valence-corrected chi connectivity index (χ0v) is 14.1. The highest BCUT2D eigenvalue weighted by Gasteiger charge is 2.25. The molecule has 0 saturated heterocycles. The molecule has 0 saturated carbocycles. The Balaban J connectivity index is 1.95. The Morgan fingerprint density at radius 1 is 1.17 bits per heavy atom. The molecule has 6 nitrogen and oxygen atoms in total. The van der Waals surface area contributed by atoms with Crippen LogP contribution in [0.2, 0.25) is 0 Å². The lowest BCUT2D eigenvalue weighted by Crippen LogP contribution is -2.25. The van der Waals surface area contributed by atoms with Crippen LogP contribution < -0.4 is 9.47 Å². The molecule has 6 heteroatoms. The number of esters is 1. The number of ether oxygens (including phenoxy) is 2. The maximum Gasteiger partial charge on any atom is 0.316 e. The summed E-state index contributed by atoms with van der Waals surface area (Å²) in [4.78, 5) is 24.0. The van der Waals surface area contributed by atoms with Crippen LogP contribution in [0.4, 0.5) is 0 Å². The Morgan fingerprint density at radius 3 is 2.62 bits per heavy atom. The number of aromatic nitrogens is 3. The molecule has 1 aromatic carbocycles. The lowest BCUT2D eigenvalue weighted by atomic mass is 9.97. The van der Waals surface area contributed by atoms with E-state index in [0.29, 0.717) is 17.3 Å². The number of imidazole rings is 1. The number of rotatable bonds is 3. The van der Waals surface area contributed by atoms with Gasteiger partial charge in [0.05, 0.1) is 12.5 Å². The molecule has 0 amide bonds. The van der Waals surface area contributed by atoms with Crippen molar-refractivity contribution >= 4 is 17.1 Å². The number of fused-ring (bicyclic) bond motifs is 1. The van der Waals surface area contributed by atoms with Crippen LogP contribution in [0.3, 0.4) is 0 Å². The van der Waals surface area contributed by atoms with Gasteiger partial charge in [-0.15, -0.1) is 0 Å². The molecule has 0 spiro atoms. The molecular weight excluding hydrogens is 306 g/mol. The quantitative estimate of drug-likeness (QED) is 0.588. The maximum absolute atomic E-state index is 12.1. The van der Waals surface area contributed by atoms with Gasteiger partial charge in [-0.25, -0.2) is 9.97 Å². The lowest BCUT2D eigenvalue weighted by Gasteiger charge is -2.17. The number of benzene rings is 1. The maximum atomic E-state index is 12.1. The van der Waals surface area contributed by atoms with E-state index in [1.165, 1.54) is 7.11 Å². The normalized spacial score (nSPS) is 11.5. The Morgan fingerprint density at radius 2 is 1.96 bits per heavy atom. The molecule has 1 N–H and O–H groups in total. The number of nitrogens with zero attached hydrogens (tertiary/aromatic N) is 2. The van der Waals surface area contributed by atoms with E-state index in [4.69, 9.17) is 9.47 Å². The third-order valence-corrected chi connectivity index (χ3v) is 3.51. The molecule has 3 aromatic rings. The molecule has 0 aliphatic heterocycles. The van der Waals surface area contributed by atoms with Gasteiger partial charge in [-0.1, -0.05) is 0 Å². The van der Waals surface area contributed by atoms with Gasteiger partial charge in [-0.3, -0.25) is 4.79 Å². The van der Waals surface area contributed by atoms with Crippen molar-refractivity contribution in [2.75, 3.05) is 7.11 Å². The summed E-state index contributed by atoms with van der Waals surface area (Å²) in [5, 5.41) is 0. The van der Waals surface area contributed by atoms with E-state index < -0.39 is 5.41 Å². The average Bonchev–Trinajstić information content (AvgIpc) is 2.98. The minimum Gasteiger partial charge on any atom is -0.493 e. The van der Waals surface area contributed by atoms with Crippen molar-refractivity contribution in [3.05, 3.63) is 36.5 Å². The molecule has 0 aliphatic rings. The number of hydrogen-bond donors (Lipinski definition) is 1. The number of carbonyl (C=O) groups is 1. The van der Waals surface area contributed by atoms with Gasteiger partial charge in [-0.05, 0) is 51.1 Å². The first kappa shape index (κ1) is 16.0. The van der Waals surface area contributed by atoms with Crippen LogP contribution in [0, 0.1) is 5.41 Å². The Labute approximate surface area is 139 Å². The molecule has 0 bridgehead atoms. The molecule has 0 fully saturated rings. The monoisotopic (exact) mass is 325 g/mol. The zero-order valence-electron chi connectivity index (χ0n) is 14.1. The predicted octanol–water partition coefficient (Wildman–Crippen LogP) is 3.59. The van der Waals surface area contributed by atoms with Crippen molar-refractivity contribution in [3.8, 4) is 22.9 Å². The van der Waals surface area contributed by atoms with Crippen LogP contribution in [-0.4, -0.2) is 28.0 Å². The van der Waals surface area contributed by atoms with Gasteiger partial charge in [-0.2, -0.15) is 0 Å². The Kier molecular flexibility index (Phi) is 3.97. The summed E-state index contributed by atoms with van der Waals surface area (Å²) in [5.74, 6) is 1.21. The number of pyridine rings is 1. The molecule has 2 aromatic heterocycles. The largest absolute Gasteiger partial charge is 0.493 e. The van der Waals surface area contributed by atoms with Crippen LogP contribution in [0.15, 0.2) is 36.5 Å². The van der Waals surface area contributed by atoms with Gasteiger partial charge in [0, 0.05) is 11.8 Å². The van der Waals surface area contributed by atoms with Gasteiger partial charge < -0.3 is 14.5 Å². The van der Waals surface area contributed by atoms with E-state index in [2.05, 4.69) is 15.0 Å². The van der Waals surface area contributed by atoms with Crippen molar-refractivity contribution < 1.29 is 14.3 Å². The molecule has 0 unspecified atom stereocenters. The van der Waals surface area contributed by atoms with Crippen molar-refractivity contribution in [2.45, 2.75) is 20.8 Å². The second-order valence-electron chi connectivity index (χ2n) is 6.46. The smallest absolute Gasteiger partial charge is 0.316 e. The highest BCUT2D eigenvalue weighted by Crippen LogP contribution is 2.33. The number of hydrogen-bond acceptors (Lipinski definition) is 5. The summed E-state index contributed by atoms with van der Waals surface area (Å²) >= 11 is 0. The number of methoxy groups -OCH3 is 1. The molecule has 124 valence electrons. The van der Waals surface area contributed by atoms with Crippen LogP contribution in [-0.2, 0) is 4.79 Å². The van der Waals surface area contributed by atoms with Crippen LogP contribution in [0.1, 0.15) is 20.8 Å². The van der Waals surface area contributed by atoms with Gasteiger partial charge in [0.15, 0.2) is 17.1 Å². The number of carbonyl (C=O) groups excluding carboxylic acids is 1. The highest BCUT2D eigenvalue weighted by molar-refractivity contribution is 5.80. The van der Waals surface area contributed by atoms with E-state index in [1.807, 2.05) is 18.2 Å². The fourth-order valence-electron chi connectivity index (χ4n) is 2.13. The third kappa shape index (κ3) is 3.08. The summed E-state index contributed by atoms with van der Waals surface area (Å²) in [5.41, 5.74) is 1.73. The second kappa shape index (κ2) is 5.96. The first-order valence-corrected chi connectivity index (χ1v) is 7.60. The molecular formula is C18H19N3O3. The summed E-state index contributed by atoms with van der Waals surface area (Å²) in [6.45, 7) is 5.41. The highest BCUT2D eigenvalue weighted by atomic mass is 16.6. The Hall–Kier alpha value is -2.89. The van der Waals surface area contributed by atoms with Crippen molar-refractivity contribution in [1.29, 1.82) is 0 Å². The molecule has 0 atom stereocenters. The van der Waals surface area contributed by atoms with Gasteiger partial charge in [0.1, 0.15) is 11.3 Å². The third-order valence-electron chi connectivity index (χ3n) is 3.51. The van der Waals surface area contributed by atoms with Gasteiger partial charge >= 0.3 is 5.97 Å². The standard InChI is InChI=1S/C18H19N3O3/c1-18(2,3)17(22)24-13-8-7-11(10-14(13)23-4)15-20-12-6-5-9-19-16(12)21-15/h5-10H,1-4H3,(H,19,20,21). The van der Waals surface area contributed by atoms with Gasteiger partial charge in [0.2, 0.25) is 0 Å².